The minimum Gasteiger partial charge on any atom is -0.481 e. The number of nitrogens with one attached hydrogen (secondary N) is 1. The molecule has 1 aliphatic rings. The van der Waals surface area contributed by atoms with Crippen LogP contribution < -0.4 is 5.32 Å². The van der Waals surface area contributed by atoms with Gasteiger partial charge in [0.1, 0.15) is 0 Å². The van der Waals surface area contributed by atoms with Gasteiger partial charge in [-0.15, -0.1) is 0 Å². The summed E-state index contributed by atoms with van der Waals surface area (Å²) in [6.45, 7) is 2.71. The van der Waals surface area contributed by atoms with E-state index >= 15 is 0 Å². The fraction of sp³-hybridized carbons (Fsp3) is 0.467. The van der Waals surface area contributed by atoms with E-state index in [1.807, 2.05) is 25.1 Å². The topological polar surface area (TPSA) is 75.6 Å². The molecule has 0 bridgehead atoms. The first kappa shape index (κ1) is 14.5. The molecule has 0 saturated carbocycles. The Morgan fingerprint density at radius 2 is 2.15 bits per heavy atom. The third-order valence-corrected chi connectivity index (χ3v) is 3.61. The van der Waals surface area contributed by atoms with Gasteiger partial charge in [0.2, 0.25) is 0 Å². The van der Waals surface area contributed by atoms with E-state index in [1.165, 1.54) is 0 Å². The van der Waals surface area contributed by atoms with Crippen LogP contribution in [0.2, 0.25) is 0 Å². The van der Waals surface area contributed by atoms with Crippen molar-refractivity contribution in [1.82, 2.24) is 5.32 Å². The fourth-order valence-corrected chi connectivity index (χ4v) is 2.54. The maximum absolute atomic E-state index is 12.4. The number of hydrogen-bond donors (Lipinski definition) is 2. The average molecular weight is 277 g/mol. The van der Waals surface area contributed by atoms with Gasteiger partial charge in [0.25, 0.3) is 5.91 Å². The largest absolute Gasteiger partial charge is 0.481 e. The van der Waals surface area contributed by atoms with Crippen LogP contribution in [0.5, 0.6) is 0 Å². The third-order valence-electron chi connectivity index (χ3n) is 3.61. The minimum atomic E-state index is -0.931. The molecule has 1 atom stereocenters. The van der Waals surface area contributed by atoms with Crippen molar-refractivity contribution < 1.29 is 19.4 Å². The second-order valence-electron chi connectivity index (χ2n) is 5.12. The molecule has 2 N–H and O–H groups in total. The van der Waals surface area contributed by atoms with Gasteiger partial charge in [-0.3, -0.25) is 9.59 Å². The standard InChI is InChI=1S/C15H19NO4/c1-2-11-5-3-4-6-12(11)14(19)16-15(9-13(17)18)7-8-20-10-15/h3-6H,2,7-10H2,1H3,(H,16,19)(H,17,18). The quantitative estimate of drug-likeness (QED) is 0.857. The number of carbonyl (C=O) groups is 2. The second-order valence-corrected chi connectivity index (χ2v) is 5.12. The van der Waals surface area contributed by atoms with Crippen molar-refractivity contribution in [2.24, 2.45) is 0 Å². The fourth-order valence-electron chi connectivity index (χ4n) is 2.54. The summed E-state index contributed by atoms with van der Waals surface area (Å²) >= 11 is 0. The molecule has 1 amide bonds. The first-order chi connectivity index (χ1) is 9.56. The van der Waals surface area contributed by atoms with Crippen LogP contribution in [0, 0.1) is 0 Å². The normalized spacial score (nSPS) is 21.6. The monoisotopic (exact) mass is 277 g/mol. The van der Waals surface area contributed by atoms with E-state index in [0.29, 0.717) is 18.6 Å². The van der Waals surface area contributed by atoms with Crippen LogP contribution >= 0.6 is 0 Å². The predicted octanol–water partition coefficient (Wildman–Crippen LogP) is 1.61. The number of benzene rings is 1. The SMILES string of the molecule is CCc1ccccc1C(=O)NC1(CC(=O)O)CCOC1. The van der Waals surface area contributed by atoms with Gasteiger partial charge < -0.3 is 15.2 Å². The molecule has 1 fully saturated rings. The zero-order valence-corrected chi connectivity index (χ0v) is 11.5. The molecule has 0 spiro atoms. The highest BCUT2D eigenvalue weighted by Gasteiger charge is 2.38. The number of hydrogen-bond acceptors (Lipinski definition) is 3. The van der Waals surface area contributed by atoms with Crippen molar-refractivity contribution in [3.05, 3.63) is 35.4 Å². The average Bonchev–Trinajstić information content (AvgIpc) is 2.85. The molecule has 5 nitrogen and oxygen atoms in total. The van der Waals surface area contributed by atoms with E-state index in [2.05, 4.69) is 5.32 Å². The number of carbonyl (C=O) groups excluding carboxylic acids is 1. The van der Waals surface area contributed by atoms with Gasteiger partial charge >= 0.3 is 5.97 Å². The number of aryl methyl sites for hydroxylation is 1. The summed E-state index contributed by atoms with van der Waals surface area (Å²) in [5.41, 5.74) is 0.769. The van der Waals surface area contributed by atoms with Crippen molar-refractivity contribution in [2.75, 3.05) is 13.2 Å². The van der Waals surface area contributed by atoms with E-state index < -0.39 is 11.5 Å². The summed E-state index contributed by atoms with van der Waals surface area (Å²) in [7, 11) is 0. The summed E-state index contributed by atoms with van der Waals surface area (Å²) < 4.78 is 5.28. The summed E-state index contributed by atoms with van der Waals surface area (Å²) in [6, 6.07) is 7.37. The Balaban J connectivity index is 2.18. The maximum Gasteiger partial charge on any atom is 0.305 e. The molecule has 5 heteroatoms. The van der Waals surface area contributed by atoms with Gasteiger partial charge in [-0.05, 0) is 24.5 Å². The van der Waals surface area contributed by atoms with Crippen LogP contribution in [0.15, 0.2) is 24.3 Å². The Bertz CT molecular complexity index is 506. The van der Waals surface area contributed by atoms with Gasteiger partial charge in [-0.2, -0.15) is 0 Å². The molecule has 1 unspecified atom stereocenters. The van der Waals surface area contributed by atoms with Crippen molar-refractivity contribution >= 4 is 11.9 Å². The highest BCUT2D eigenvalue weighted by molar-refractivity contribution is 5.96. The number of carboxylic acid groups (broad SMARTS) is 1. The Morgan fingerprint density at radius 1 is 1.40 bits per heavy atom. The van der Waals surface area contributed by atoms with Gasteiger partial charge in [0, 0.05) is 12.2 Å². The molecule has 1 aliphatic heterocycles. The predicted molar refractivity (Wildman–Crippen MR) is 73.7 cm³/mol. The lowest BCUT2D eigenvalue weighted by Crippen LogP contribution is -2.50. The van der Waals surface area contributed by atoms with Crippen LogP contribution in [0.4, 0.5) is 0 Å². The third kappa shape index (κ3) is 3.17. The highest BCUT2D eigenvalue weighted by atomic mass is 16.5. The Kier molecular flexibility index (Phi) is 4.39. The van der Waals surface area contributed by atoms with Gasteiger partial charge in [0.05, 0.1) is 18.6 Å². The lowest BCUT2D eigenvalue weighted by atomic mass is 9.93. The van der Waals surface area contributed by atoms with Crippen LogP contribution in [0.3, 0.4) is 0 Å². The van der Waals surface area contributed by atoms with E-state index in [-0.39, 0.29) is 18.9 Å². The molecule has 1 saturated heterocycles. The summed E-state index contributed by atoms with van der Waals surface area (Å²) in [5.74, 6) is -1.16. The molecular formula is C15H19NO4. The van der Waals surface area contributed by atoms with Crippen molar-refractivity contribution in [3.63, 3.8) is 0 Å². The molecule has 20 heavy (non-hydrogen) atoms. The summed E-state index contributed by atoms with van der Waals surface area (Å²) in [4.78, 5) is 23.4. The van der Waals surface area contributed by atoms with Gasteiger partial charge in [0.15, 0.2) is 0 Å². The van der Waals surface area contributed by atoms with Crippen LogP contribution in [-0.2, 0) is 16.0 Å². The first-order valence-electron chi connectivity index (χ1n) is 6.76. The van der Waals surface area contributed by atoms with Crippen LogP contribution in [0.1, 0.15) is 35.7 Å². The lowest BCUT2D eigenvalue weighted by molar-refractivity contribution is -0.138. The number of amides is 1. The van der Waals surface area contributed by atoms with Gasteiger partial charge in [-0.25, -0.2) is 0 Å². The molecule has 2 rings (SSSR count). The Labute approximate surface area is 117 Å². The molecule has 1 heterocycles. The summed E-state index contributed by atoms with van der Waals surface area (Å²) in [5, 5.41) is 11.9. The summed E-state index contributed by atoms with van der Waals surface area (Å²) in [6.07, 6.45) is 1.17. The van der Waals surface area contributed by atoms with Crippen molar-refractivity contribution in [1.29, 1.82) is 0 Å². The minimum absolute atomic E-state index is 0.118. The molecule has 0 aliphatic carbocycles. The highest BCUT2D eigenvalue weighted by Crippen LogP contribution is 2.24. The molecule has 1 aromatic carbocycles. The van der Waals surface area contributed by atoms with Gasteiger partial charge in [-0.1, -0.05) is 25.1 Å². The maximum atomic E-state index is 12.4. The number of carboxylic acids is 1. The number of rotatable bonds is 5. The zero-order valence-electron chi connectivity index (χ0n) is 11.5. The molecule has 108 valence electrons. The van der Waals surface area contributed by atoms with Crippen molar-refractivity contribution in [2.45, 2.75) is 31.7 Å². The number of ether oxygens (including phenoxy) is 1. The second kappa shape index (κ2) is 6.05. The number of aliphatic carboxylic acids is 1. The van der Waals surface area contributed by atoms with E-state index in [1.54, 1.807) is 6.07 Å². The van der Waals surface area contributed by atoms with Crippen LogP contribution in [0.25, 0.3) is 0 Å². The molecular weight excluding hydrogens is 258 g/mol. The Morgan fingerprint density at radius 3 is 2.75 bits per heavy atom. The van der Waals surface area contributed by atoms with Crippen molar-refractivity contribution in [3.8, 4) is 0 Å². The smallest absolute Gasteiger partial charge is 0.305 e. The Hall–Kier alpha value is -1.88. The first-order valence-corrected chi connectivity index (χ1v) is 6.76. The van der Waals surface area contributed by atoms with E-state index in [9.17, 15) is 9.59 Å². The zero-order chi connectivity index (χ0) is 14.6. The molecule has 0 radical (unpaired) electrons. The van der Waals surface area contributed by atoms with E-state index in [0.717, 1.165) is 12.0 Å². The van der Waals surface area contributed by atoms with Crippen LogP contribution in [-0.4, -0.2) is 35.7 Å². The molecule has 1 aromatic rings. The lowest BCUT2D eigenvalue weighted by Gasteiger charge is -2.27. The van der Waals surface area contributed by atoms with E-state index in [4.69, 9.17) is 9.84 Å². The molecule has 0 aromatic heterocycles.